The molecule has 0 atom stereocenters. The summed E-state index contributed by atoms with van der Waals surface area (Å²) in [5.74, 6) is 1.86. The molecule has 0 unspecified atom stereocenters. The quantitative estimate of drug-likeness (QED) is 0.168. The number of allylic oxidation sites excluding steroid dienone is 1. The Bertz CT molecular complexity index is 1400. The van der Waals surface area contributed by atoms with Crippen molar-refractivity contribution in [3.8, 4) is 34.3 Å². The van der Waals surface area contributed by atoms with Gasteiger partial charge in [0.25, 0.3) is 5.91 Å². The van der Waals surface area contributed by atoms with Crippen LogP contribution in [-0.2, 0) is 4.79 Å². The minimum absolute atomic E-state index is 0.0972. The van der Waals surface area contributed by atoms with Crippen LogP contribution in [0.2, 0.25) is 0 Å². The summed E-state index contributed by atoms with van der Waals surface area (Å²) in [7, 11) is 4.67. The number of hydrogen-bond acceptors (Lipinski definition) is 8. The Morgan fingerprint density at radius 2 is 1.61 bits per heavy atom. The highest BCUT2D eigenvalue weighted by molar-refractivity contribution is 7.99. The highest BCUT2D eigenvalue weighted by Gasteiger charge is 2.21. The van der Waals surface area contributed by atoms with Gasteiger partial charge in [0, 0.05) is 17.5 Å². The molecule has 1 N–H and O–H groups in total. The molecule has 194 valence electrons. The molecule has 1 amide bonds. The van der Waals surface area contributed by atoms with Crippen LogP contribution in [0.3, 0.4) is 0 Å². The Labute approximate surface area is 225 Å². The van der Waals surface area contributed by atoms with Gasteiger partial charge in [0.05, 0.1) is 27.1 Å². The number of para-hydroxylation sites is 1. The van der Waals surface area contributed by atoms with Gasteiger partial charge in [-0.05, 0) is 35.9 Å². The molecule has 0 fully saturated rings. The fourth-order valence-corrected chi connectivity index (χ4v) is 4.35. The number of rotatable bonds is 11. The number of methoxy groups -OCH3 is 3. The van der Waals surface area contributed by atoms with Gasteiger partial charge in [-0.25, -0.2) is 5.43 Å². The lowest BCUT2D eigenvalue weighted by Crippen LogP contribution is -2.19. The van der Waals surface area contributed by atoms with Crippen LogP contribution < -0.4 is 19.6 Å². The lowest BCUT2D eigenvalue weighted by molar-refractivity contribution is -0.118. The third-order valence-electron chi connectivity index (χ3n) is 5.34. The van der Waals surface area contributed by atoms with Gasteiger partial charge in [0.1, 0.15) is 0 Å². The number of nitrogens with zero attached hydrogens (tertiary/aromatic N) is 4. The topological polar surface area (TPSA) is 99.9 Å². The van der Waals surface area contributed by atoms with Gasteiger partial charge in [-0.1, -0.05) is 66.4 Å². The average Bonchev–Trinajstić information content (AvgIpc) is 3.40. The summed E-state index contributed by atoms with van der Waals surface area (Å²) in [4.78, 5) is 12.4. The van der Waals surface area contributed by atoms with Crippen molar-refractivity contribution in [2.24, 2.45) is 5.10 Å². The first-order valence-electron chi connectivity index (χ1n) is 11.6. The van der Waals surface area contributed by atoms with Crippen LogP contribution in [0.15, 0.2) is 89.1 Å². The fourth-order valence-electron chi connectivity index (χ4n) is 3.60. The Hall–Kier alpha value is -4.57. The molecule has 3 aromatic carbocycles. The molecular formula is C28H27N5O4S. The Morgan fingerprint density at radius 1 is 0.947 bits per heavy atom. The normalized spacial score (nSPS) is 11.1. The van der Waals surface area contributed by atoms with Gasteiger partial charge in [-0.3, -0.25) is 9.36 Å². The van der Waals surface area contributed by atoms with Crippen molar-refractivity contribution in [1.29, 1.82) is 0 Å². The maximum absolute atomic E-state index is 12.4. The molecule has 1 heterocycles. The van der Waals surface area contributed by atoms with Gasteiger partial charge < -0.3 is 14.2 Å². The maximum Gasteiger partial charge on any atom is 0.250 e. The van der Waals surface area contributed by atoms with Crippen molar-refractivity contribution in [3.05, 3.63) is 84.4 Å². The van der Waals surface area contributed by atoms with Crippen molar-refractivity contribution in [3.63, 3.8) is 0 Å². The first-order chi connectivity index (χ1) is 18.6. The fraction of sp³-hybridized carbons (Fsp3) is 0.143. The molecular weight excluding hydrogens is 502 g/mol. The second kappa shape index (κ2) is 13.1. The van der Waals surface area contributed by atoms with Crippen LogP contribution in [0, 0.1) is 0 Å². The summed E-state index contributed by atoms with van der Waals surface area (Å²) in [6.07, 6.45) is 5.19. The Morgan fingerprint density at radius 3 is 2.24 bits per heavy atom. The lowest BCUT2D eigenvalue weighted by Gasteiger charge is -2.15. The zero-order valence-electron chi connectivity index (χ0n) is 21.2. The Balaban J connectivity index is 1.54. The van der Waals surface area contributed by atoms with Crippen LogP contribution in [0.5, 0.6) is 17.2 Å². The van der Waals surface area contributed by atoms with E-state index in [9.17, 15) is 4.79 Å². The molecule has 0 saturated carbocycles. The molecule has 0 aliphatic heterocycles. The number of aromatic nitrogens is 3. The molecule has 0 aliphatic rings. The number of ether oxygens (including phenoxy) is 3. The van der Waals surface area contributed by atoms with Crippen LogP contribution in [0.1, 0.15) is 5.56 Å². The van der Waals surface area contributed by atoms with E-state index in [0.717, 1.165) is 11.3 Å². The van der Waals surface area contributed by atoms with E-state index in [4.69, 9.17) is 14.2 Å². The summed E-state index contributed by atoms with van der Waals surface area (Å²) in [6.45, 7) is 0. The first-order valence-corrected chi connectivity index (χ1v) is 12.6. The van der Waals surface area contributed by atoms with Crippen molar-refractivity contribution in [2.45, 2.75) is 5.16 Å². The third kappa shape index (κ3) is 6.40. The van der Waals surface area contributed by atoms with Crippen LogP contribution in [0.25, 0.3) is 23.2 Å². The van der Waals surface area contributed by atoms with E-state index in [0.29, 0.717) is 33.8 Å². The highest BCUT2D eigenvalue weighted by atomic mass is 32.2. The number of amides is 1. The number of nitrogens with one attached hydrogen (secondary N) is 1. The van der Waals surface area contributed by atoms with Crippen molar-refractivity contribution < 1.29 is 19.0 Å². The molecule has 0 bridgehead atoms. The predicted octanol–water partition coefficient (Wildman–Crippen LogP) is 4.87. The molecule has 0 radical (unpaired) electrons. The van der Waals surface area contributed by atoms with Gasteiger partial charge in [0.2, 0.25) is 5.75 Å². The molecule has 38 heavy (non-hydrogen) atoms. The summed E-state index contributed by atoms with van der Waals surface area (Å²) in [6, 6.07) is 23.1. The highest BCUT2D eigenvalue weighted by Crippen LogP contribution is 2.41. The largest absolute Gasteiger partial charge is 0.493 e. The average molecular weight is 530 g/mol. The van der Waals surface area contributed by atoms with Crippen LogP contribution >= 0.6 is 11.8 Å². The van der Waals surface area contributed by atoms with Gasteiger partial charge in [-0.15, -0.1) is 10.2 Å². The van der Waals surface area contributed by atoms with Crippen LogP contribution in [-0.4, -0.2) is 54.0 Å². The van der Waals surface area contributed by atoms with Crippen LogP contribution in [0.4, 0.5) is 0 Å². The third-order valence-corrected chi connectivity index (χ3v) is 6.27. The standard InChI is InChI=1S/C28H27N5O4S/c1-35-23-17-21(18-24(36-2)26(23)37-3)27-31-32-28(33(27)22-14-8-5-9-15-22)38-19-25(34)30-29-16-10-13-20-11-6-4-7-12-20/h4-18H,19H2,1-3H3,(H,30,34)/b13-10+,29-16+. The van der Waals surface area contributed by atoms with Gasteiger partial charge in [0.15, 0.2) is 22.5 Å². The minimum atomic E-state index is -0.267. The van der Waals surface area contributed by atoms with E-state index in [1.54, 1.807) is 27.4 Å². The van der Waals surface area contributed by atoms with E-state index in [1.165, 1.54) is 18.0 Å². The van der Waals surface area contributed by atoms with E-state index >= 15 is 0 Å². The van der Waals surface area contributed by atoms with E-state index < -0.39 is 0 Å². The van der Waals surface area contributed by atoms with Gasteiger partial charge in [-0.2, -0.15) is 5.10 Å². The van der Waals surface area contributed by atoms with E-state index in [2.05, 4.69) is 20.7 Å². The maximum atomic E-state index is 12.4. The number of carbonyl (C=O) groups is 1. The summed E-state index contributed by atoms with van der Waals surface area (Å²) in [5.41, 5.74) is 5.13. The number of benzene rings is 3. The smallest absolute Gasteiger partial charge is 0.250 e. The number of thioether (sulfide) groups is 1. The zero-order chi connectivity index (χ0) is 26.7. The molecule has 1 aromatic heterocycles. The first kappa shape index (κ1) is 26.5. The van der Waals surface area contributed by atoms with Crippen molar-refractivity contribution in [1.82, 2.24) is 20.2 Å². The Kier molecular flexibility index (Phi) is 9.14. The monoisotopic (exact) mass is 529 g/mol. The molecule has 9 nitrogen and oxygen atoms in total. The summed E-state index contributed by atoms with van der Waals surface area (Å²) >= 11 is 1.25. The molecule has 0 spiro atoms. The number of hydrazone groups is 1. The zero-order valence-corrected chi connectivity index (χ0v) is 22.0. The summed E-state index contributed by atoms with van der Waals surface area (Å²) in [5, 5.41) is 13.3. The number of hydrogen-bond donors (Lipinski definition) is 1. The molecule has 0 saturated heterocycles. The minimum Gasteiger partial charge on any atom is -0.493 e. The molecule has 0 aliphatic carbocycles. The second-order valence-corrected chi connectivity index (χ2v) is 8.71. The number of carbonyl (C=O) groups excluding carboxylic acids is 1. The molecule has 4 aromatic rings. The van der Waals surface area contributed by atoms with E-state index in [-0.39, 0.29) is 11.7 Å². The molecule has 10 heteroatoms. The van der Waals surface area contributed by atoms with Crippen molar-refractivity contribution >= 4 is 30.0 Å². The predicted molar refractivity (Wildman–Crippen MR) is 149 cm³/mol. The van der Waals surface area contributed by atoms with Crippen molar-refractivity contribution in [2.75, 3.05) is 27.1 Å². The molecule has 4 rings (SSSR count). The second-order valence-electron chi connectivity index (χ2n) is 7.76. The SMILES string of the molecule is COc1cc(-c2nnc(SCC(=O)N/N=C/C=C/c3ccccc3)n2-c2ccccc2)cc(OC)c1OC. The summed E-state index contributed by atoms with van der Waals surface area (Å²) < 4.78 is 18.4. The van der Waals surface area contributed by atoms with Gasteiger partial charge >= 0.3 is 0 Å². The van der Waals surface area contributed by atoms with E-state index in [1.807, 2.05) is 83.4 Å². The lowest BCUT2D eigenvalue weighted by atomic mass is 10.1.